The number of methoxy groups -OCH3 is 1. The predicted molar refractivity (Wildman–Crippen MR) is 84.8 cm³/mol. The molecule has 0 radical (unpaired) electrons. The highest BCUT2D eigenvalue weighted by Gasteiger charge is 2.28. The SMILES string of the molecule is COc1cc(Cl)ccc1-c1nc(C(C)(C)C)c(C(=O)O)s1. The van der Waals surface area contributed by atoms with Crippen molar-refractivity contribution in [2.45, 2.75) is 26.2 Å². The third kappa shape index (κ3) is 3.19. The third-order valence-corrected chi connectivity index (χ3v) is 4.24. The number of aromatic carboxylic acids is 1. The van der Waals surface area contributed by atoms with Crippen LogP contribution in [0.4, 0.5) is 0 Å². The number of carbonyl (C=O) groups is 1. The third-order valence-electron chi connectivity index (χ3n) is 2.93. The van der Waals surface area contributed by atoms with Crippen LogP contribution >= 0.6 is 22.9 Å². The molecule has 1 N–H and O–H groups in total. The molecule has 0 saturated carbocycles. The number of carboxylic acid groups (broad SMARTS) is 1. The zero-order valence-corrected chi connectivity index (χ0v) is 13.8. The van der Waals surface area contributed by atoms with Gasteiger partial charge in [0.1, 0.15) is 15.6 Å². The Hall–Kier alpha value is -1.59. The molecule has 21 heavy (non-hydrogen) atoms. The minimum absolute atomic E-state index is 0.259. The van der Waals surface area contributed by atoms with E-state index in [1.54, 1.807) is 25.3 Å². The van der Waals surface area contributed by atoms with Crippen LogP contribution in [0, 0.1) is 0 Å². The molecule has 112 valence electrons. The molecule has 1 heterocycles. The van der Waals surface area contributed by atoms with Gasteiger partial charge in [0.05, 0.1) is 18.4 Å². The van der Waals surface area contributed by atoms with Crippen molar-refractivity contribution in [2.75, 3.05) is 7.11 Å². The van der Waals surface area contributed by atoms with Crippen LogP contribution < -0.4 is 4.74 Å². The van der Waals surface area contributed by atoms with E-state index in [2.05, 4.69) is 4.98 Å². The molecule has 0 saturated heterocycles. The van der Waals surface area contributed by atoms with E-state index in [4.69, 9.17) is 16.3 Å². The van der Waals surface area contributed by atoms with Gasteiger partial charge in [0.25, 0.3) is 0 Å². The molecular weight excluding hydrogens is 310 g/mol. The Kier molecular flexibility index (Phi) is 4.25. The molecule has 0 bridgehead atoms. The highest BCUT2D eigenvalue weighted by atomic mass is 35.5. The fourth-order valence-electron chi connectivity index (χ4n) is 1.93. The highest BCUT2D eigenvalue weighted by Crippen LogP contribution is 2.39. The van der Waals surface area contributed by atoms with E-state index < -0.39 is 5.97 Å². The Balaban J connectivity index is 2.64. The molecule has 0 spiro atoms. The predicted octanol–water partition coefficient (Wildman–Crippen LogP) is 4.47. The second kappa shape index (κ2) is 5.66. The van der Waals surface area contributed by atoms with Crippen molar-refractivity contribution in [3.8, 4) is 16.3 Å². The number of benzene rings is 1. The van der Waals surface area contributed by atoms with E-state index in [0.29, 0.717) is 21.5 Å². The molecule has 1 aromatic heterocycles. The Morgan fingerprint density at radius 1 is 1.38 bits per heavy atom. The maximum absolute atomic E-state index is 11.4. The van der Waals surface area contributed by atoms with Gasteiger partial charge in [-0.1, -0.05) is 32.4 Å². The van der Waals surface area contributed by atoms with Crippen LogP contribution in [-0.2, 0) is 5.41 Å². The van der Waals surface area contributed by atoms with Gasteiger partial charge < -0.3 is 9.84 Å². The molecule has 0 atom stereocenters. The fourth-order valence-corrected chi connectivity index (χ4v) is 3.24. The Labute approximate surface area is 132 Å². The summed E-state index contributed by atoms with van der Waals surface area (Å²) in [5, 5.41) is 10.6. The first-order chi connectivity index (χ1) is 9.74. The molecule has 1 aromatic carbocycles. The number of ether oxygens (including phenoxy) is 1. The molecule has 0 fully saturated rings. The highest BCUT2D eigenvalue weighted by molar-refractivity contribution is 7.17. The number of thiazole rings is 1. The van der Waals surface area contributed by atoms with E-state index in [1.807, 2.05) is 20.8 Å². The van der Waals surface area contributed by atoms with Gasteiger partial charge in [-0.15, -0.1) is 11.3 Å². The minimum Gasteiger partial charge on any atom is -0.496 e. The van der Waals surface area contributed by atoms with E-state index in [0.717, 1.165) is 16.9 Å². The van der Waals surface area contributed by atoms with Gasteiger partial charge in [-0.25, -0.2) is 9.78 Å². The number of hydrogen-bond donors (Lipinski definition) is 1. The van der Waals surface area contributed by atoms with Crippen molar-refractivity contribution in [3.05, 3.63) is 33.8 Å². The van der Waals surface area contributed by atoms with Gasteiger partial charge in [-0.2, -0.15) is 0 Å². The van der Waals surface area contributed by atoms with Crippen molar-refractivity contribution in [1.82, 2.24) is 4.98 Å². The van der Waals surface area contributed by atoms with Crippen LogP contribution in [0.15, 0.2) is 18.2 Å². The minimum atomic E-state index is -0.961. The molecule has 2 rings (SSSR count). The standard InChI is InChI=1S/C15H16ClNO3S/c1-15(2,3)12-11(14(18)19)21-13(17-12)9-6-5-8(16)7-10(9)20-4/h5-7H,1-4H3,(H,18,19). The quantitative estimate of drug-likeness (QED) is 0.904. The summed E-state index contributed by atoms with van der Waals surface area (Å²) in [5.74, 6) is -0.384. The maximum Gasteiger partial charge on any atom is 0.347 e. The van der Waals surface area contributed by atoms with Gasteiger partial charge in [0, 0.05) is 10.4 Å². The van der Waals surface area contributed by atoms with E-state index in [9.17, 15) is 9.90 Å². The van der Waals surface area contributed by atoms with E-state index in [-0.39, 0.29) is 10.3 Å². The van der Waals surface area contributed by atoms with Crippen molar-refractivity contribution >= 4 is 28.9 Å². The second-order valence-corrected chi connectivity index (χ2v) is 7.03. The molecule has 0 amide bonds. The number of rotatable bonds is 3. The lowest BCUT2D eigenvalue weighted by atomic mass is 9.91. The van der Waals surface area contributed by atoms with Crippen LogP contribution in [0.1, 0.15) is 36.1 Å². The lowest BCUT2D eigenvalue weighted by Gasteiger charge is -2.16. The first-order valence-corrected chi connectivity index (χ1v) is 7.52. The van der Waals surface area contributed by atoms with Gasteiger partial charge in [0.2, 0.25) is 0 Å². The van der Waals surface area contributed by atoms with Crippen molar-refractivity contribution < 1.29 is 14.6 Å². The molecule has 4 nitrogen and oxygen atoms in total. The van der Waals surface area contributed by atoms with Gasteiger partial charge >= 0.3 is 5.97 Å². The van der Waals surface area contributed by atoms with Crippen LogP contribution in [-0.4, -0.2) is 23.2 Å². The molecule has 6 heteroatoms. The van der Waals surface area contributed by atoms with Crippen LogP contribution in [0.5, 0.6) is 5.75 Å². The summed E-state index contributed by atoms with van der Waals surface area (Å²) in [6.07, 6.45) is 0. The summed E-state index contributed by atoms with van der Waals surface area (Å²) < 4.78 is 5.31. The van der Waals surface area contributed by atoms with Crippen LogP contribution in [0.3, 0.4) is 0 Å². The van der Waals surface area contributed by atoms with Crippen LogP contribution in [0.25, 0.3) is 10.6 Å². The summed E-state index contributed by atoms with van der Waals surface area (Å²) >= 11 is 7.10. The number of aromatic nitrogens is 1. The average Bonchev–Trinajstić information content (AvgIpc) is 2.83. The molecule has 2 aromatic rings. The zero-order chi connectivity index (χ0) is 15.8. The monoisotopic (exact) mass is 325 g/mol. The largest absolute Gasteiger partial charge is 0.496 e. The van der Waals surface area contributed by atoms with Crippen LogP contribution in [0.2, 0.25) is 5.02 Å². The summed E-state index contributed by atoms with van der Waals surface area (Å²) in [7, 11) is 1.55. The summed E-state index contributed by atoms with van der Waals surface area (Å²) in [6, 6.07) is 5.21. The number of carboxylic acids is 1. The van der Waals surface area contributed by atoms with E-state index >= 15 is 0 Å². The Morgan fingerprint density at radius 2 is 2.05 bits per heavy atom. The maximum atomic E-state index is 11.4. The zero-order valence-electron chi connectivity index (χ0n) is 12.2. The molecule has 0 aliphatic carbocycles. The van der Waals surface area contributed by atoms with E-state index in [1.165, 1.54) is 0 Å². The number of halogens is 1. The molecule has 0 aliphatic rings. The first kappa shape index (κ1) is 15.8. The molecule has 0 unspecified atom stereocenters. The normalized spacial score (nSPS) is 11.5. The number of nitrogens with zero attached hydrogens (tertiary/aromatic N) is 1. The summed E-state index contributed by atoms with van der Waals surface area (Å²) in [6.45, 7) is 5.83. The van der Waals surface area contributed by atoms with Crippen molar-refractivity contribution in [2.24, 2.45) is 0 Å². The fraction of sp³-hybridized carbons (Fsp3) is 0.333. The first-order valence-electron chi connectivity index (χ1n) is 6.32. The van der Waals surface area contributed by atoms with Gasteiger partial charge in [-0.3, -0.25) is 0 Å². The molecule has 0 aliphatic heterocycles. The number of hydrogen-bond acceptors (Lipinski definition) is 4. The average molecular weight is 326 g/mol. The van der Waals surface area contributed by atoms with Crippen molar-refractivity contribution in [1.29, 1.82) is 0 Å². The Bertz CT molecular complexity index is 689. The van der Waals surface area contributed by atoms with Gasteiger partial charge in [-0.05, 0) is 18.2 Å². The lowest BCUT2D eigenvalue weighted by Crippen LogP contribution is -2.16. The second-order valence-electron chi connectivity index (χ2n) is 5.60. The van der Waals surface area contributed by atoms with Crippen molar-refractivity contribution in [3.63, 3.8) is 0 Å². The van der Waals surface area contributed by atoms with Gasteiger partial charge in [0.15, 0.2) is 0 Å². The summed E-state index contributed by atoms with van der Waals surface area (Å²) in [4.78, 5) is 16.2. The molecular formula is C15H16ClNO3S. The Morgan fingerprint density at radius 3 is 2.52 bits per heavy atom. The smallest absolute Gasteiger partial charge is 0.347 e. The lowest BCUT2D eigenvalue weighted by molar-refractivity contribution is 0.0699. The summed E-state index contributed by atoms with van der Waals surface area (Å²) in [5.41, 5.74) is 0.971. The topological polar surface area (TPSA) is 59.4 Å².